The molecule has 0 spiro atoms. The first-order valence-corrected chi connectivity index (χ1v) is 6.22. The summed E-state index contributed by atoms with van der Waals surface area (Å²) in [7, 11) is 0. The van der Waals surface area contributed by atoms with E-state index in [1.54, 1.807) is 6.07 Å². The van der Waals surface area contributed by atoms with Crippen molar-refractivity contribution in [3.63, 3.8) is 0 Å². The van der Waals surface area contributed by atoms with Gasteiger partial charge in [-0.25, -0.2) is 9.78 Å². The maximum absolute atomic E-state index is 10.7. The average Bonchev–Trinajstić information content (AvgIpc) is 2.83. The molecule has 6 nitrogen and oxygen atoms in total. The molecule has 0 saturated heterocycles. The number of carbonyl (C=O) groups is 1. The first-order chi connectivity index (χ1) is 9.24. The summed E-state index contributed by atoms with van der Waals surface area (Å²) in [5.41, 5.74) is 0.788. The Balaban J connectivity index is 1.90. The standard InChI is InChI=1S/C12H8N4O2S/c17-11(18)9-5-4-8(7-13-9)19-12-15-14-10-3-1-2-6-16(10)12/h1-7H,(H,17,18). The van der Waals surface area contributed by atoms with E-state index in [-0.39, 0.29) is 5.69 Å². The third-order valence-electron chi connectivity index (χ3n) is 2.45. The van der Waals surface area contributed by atoms with Gasteiger partial charge >= 0.3 is 5.97 Å². The number of aromatic nitrogens is 4. The van der Waals surface area contributed by atoms with E-state index in [4.69, 9.17) is 5.11 Å². The van der Waals surface area contributed by atoms with E-state index in [0.29, 0.717) is 5.16 Å². The molecule has 0 aliphatic heterocycles. The number of rotatable bonds is 3. The predicted octanol–water partition coefficient (Wildman–Crippen LogP) is 1.97. The quantitative estimate of drug-likeness (QED) is 0.785. The van der Waals surface area contributed by atoms with Crippen LogP contribution in [-0.2, 0) is 0 Å². The van der Waals surface area contributed by atoms with E-state index in [1.165, 1.54) is 24.0 Å². The molecule has 3 rings (SSSR count). The maximum Gasteiger partial charge on any atom is 0.354 e. The number of aromatic carboxylic acids is 1. The second-order valence-electron chi connectivity index (χ2n) is 3.70. The lowest BCUT2D eigenvalue weighted by Gasteiger charge is -2.00. The Kier molecular flexibility index (Phi) is 2.88. The van der Waals surface area contributed by atoms with Gasteiger partial charge in [0.2, 0.25) is 0 Å². The van der Waals surface area contributed by atoms with Gasteiger partial charge in [-0.2, -0.15) is 0 Å². The fourth-order valence-electron chi connectivity index (χ4n) is 1.56. The van der Waals surface area contributed by atoms with Crippen molar-refractivity contribution >= 4 is 23.4 Å². The molecule has 0 aliphatic rings. The second-order valence-corrected chi connectivity index (χ2v) is 4.74. The summed E-state index contributed by atoms with van der Waals surface area (Å²) in [6, 6.07) is 8.82. The van der Waals surface area contributed by atoms with E-state index in [2.05, 4.69) is 15.2 Å². The van der Waals surface area contributed by atoms with Crippen LogP contribution in [0.4, 0.5) is 0 Å². The molecule has 0 aliphatic carbocycles. The SMILES string of the molecule is O=C(O)c1ccc(Sc2nnc3ccccn23)cn1. The lowest BCUT2D eigenvalue weighted by Crippen LogP contribution is -1.98. The minimum absolute atomic E-state index is 0.0236. The molecule has 19 heavy (non-hydrogen) atoms. The number of hydrogen-bond donors (Lipinski definition) is 1. The van der Waals surface area contributed by atoms with Crippen LogP contribution in [0.2, 0.25) is 0 Å². The van der Waals surface area contributed by atoms with Gasteiger partial charge in [0.25, 0.3) is 0 Å². The monoisotopic (exact) mass is 272 g/mol. The van der Waals surface area contributed by atoms with Gasteiger partial charge in [0.05, 0.1) is 0 Å². The Labute approximate surface area is 112 Å². The normalized spacial score (nSPS) is 10.7. The van der Waals surface area contributed by atoms with Crippen molar-refractivity contribution < 1.29 is 9.90 Å². The van der Waals surface area contributed by atoms with Crippen molar-refractivity contribution in [2.24, 2.45) is 0 Å². The summed E-state index contributed by atoms with van der Waals surface area (Å²) < 4.78 is 1.86. The Morgan fingerprint density at radius 1 is 1.21 bits per heavy atom. The van der Waals surface area contributed by atoms with Crippen LogP contribution in [0.25, 0.3) is 5.65 Å². The van der Waals surface area contributed by atoms with E-state index in [0.717, 1.165) is 10.5 Å². The highest BCUT2D eigenvalue weighted by molar-refractivity contribution is 7.99. The Bertz CT molecular complexity index is 739. The zero-order valence-corrected chi connectivity index (χ0v) is 10.4. The largest absolute Gasteiger partial charge is 0.477 e. The van der Waals surface area contributed by atoms with Gasteiger partial charge in [-0.15, -0.1) is 10.2 Å². The van der Waals surface area contributed by atoms with Gasteiger partial charge in [0.1, 0.15) is 5.69 Å². The van der Waals surface area contributed by atoms with Crippen molar-refractivity contribution in [1.29, 1.82) is 0 Å². The van der Waals surface area contributed by atoms with Crippen LogP contribution in [0.5, 0.6) is 0 Å². The van der Waals surface area contributed by atoms with Gasteiger partial charge in [0.15, 0.2) is 10.8 Å². The Morgan fingerprint density at radius 2 is 2.11 bits per heavy atom. The van der Waals surface area contributed by atoms with Crippen molar-refractivity contribution in [2.45, 2.75) is 10.1 Å². The molecule has 0 radical (unpaired) electrons. The van der Waals surface area contributed by atoms with Crippen molar-refractivity contribution in [1.82, 2.24) is 19.6 Å². The molecule has 3 aromatic heterocycles. The summed E-state index contributed by atoms with van der Waals surface area (Å²) in [5.74, 6) is -1.04. The van der Waals surface area contributed by atoms with Gasteiger partial charge < -0.3 is 5.11 Å². The minimum atomic E-state index is -1.04. The topological polar surface area (TPSA) is 80.4 Å². The fourth-order valence-corrected chi connectivity index (χ4v) is 2.35. The third kappa shape index (κ3) is 2.27. The fraction of sp³-hybridized carbons (Fsp3) is 0. The summed E-state index contributed by atoms with van der Waals surface area (Å²) in [5, 5.41) is 17.6. The molecule has 0 amide bonds. The van der Waals surface area contributed by atoms with E-state index in [9.17, 15) is 4.79 Å². The van der Waals surface area contributed by atoms with E-state index >= 15 is 0 Å². The van der Waals surface area contributed by atoms with Crippen molar-refractivity contribution in [2.75, 3.05) is 0 Å². The number of carboxylic acid groups (broad SMARTS) is 1. The predicted molar refractivity (Wildman–Crippen MR) is 68.3 cm³/mol. The molecule has 94 valence electrons. The summed E-state index contributed by atoms with van der Waals surface area (Å²) in [6.07, 6.45) is 3.38. The first-order valence-electron chi connectivity index (χ1n) is 5.41. The van der Waals surface area contributed by atoms with Crippen LogP contribution in [0.15, 0.2) is 52.8 Å². The molecule has 0 bridgehead atoms. The molecule has 0 aromatic carbocycles. The number of fused-ring (bicyclic) bond motifs is 1. The van der Waals surface area contributed by atoms with Crippen LogP contribution in [-0.4, -0.2) is 30.7 Å². The minimum Gasteiger partial charge on any atom is -0.477 e. The highest BCUT2D eigenvalue weighted by Crippen LogP contribution is 2.25. The number of hydrogen-bond acceptors (Lipinski definition) is 5. The lowest BCUT2D eigenvalue weighted by atomic mass is 10.4. The average molecular weight is 272 g/mol. The number of pyridine rings is 2. The second kappa shape index (κ2) is 4.69. The number of nitrogens with zero attached hydrogens (tertiary/aromatic N) is 4. The van der Waals surface area contributed by atoms with Gasteiger partial charge in [-0.1, -0.05) is 6.07 Å². The first kappa shape index (κ1) is 11.7. The van der Waals surface area contributed by atoms with Crippen LogP contribution >= 0.6 is 11.8 Å². The van der Waals surface area contributed by atoms with Crippen molar-refractivity contribution in [3.8, 4) is 0 Å². The zero-order valence-electron chi connectivity index (χ0n) is 9.59. The van der Waals surface area contributed by atoms with Crippen LogP contribution in [0.1, 0.15) is 10.5 Å². The summed E-state index contributed by atoms with van der Waals surface area (Å²) >= 11 is 1.38. The highest BCUT2D eigenvalue weighted by atomic mass is 32.2. The third-order valence-corrected chi connectivity index (χ3v) is 3.39. The maximum atomic E-state index is 10.7. The molecule has 3 heterocycles. The lowest BCUT2D eigenvalue weighted by molar-refractivity contribution is 0.0690. The van der Waals surface area contributed by atoms with Gasteiger partial charge in [-0.05, 0) is 36.0 Å². The molecule has 0 atom stereocenters. The molecule has 0 unspecified atom stereocenters. The molecular weight excluding hydrogens is 264 g/mol. The molecule has 0 fully saturated rings. The molecule has 1 N–H and O–H groups in total. The van der Waals surface area contributed by atoms with Crippen LogP contribution in [0, 0.1) is 0 Å². The molecule has 7 heteroatoms. The smallest absolute Gasteiger partial charge is 0.354 e. The Morgan fingerprint density at radius 3 is 2.84 bits per heavy atom. The molecular formula is C12H8N4O2S. The highest BCUT2D eigenvalue weighted by Gasteiger charge is 2.08. The van der Waals surface area contributed by atoms with Crippen LogP contribution < -0.4 is 0 Å². The van der Waals surface area contributed by atoms with E-state index < -0.39 is 5.97 Å². The van der Waals surface area contributed by atoms with E-state index in [1.807, 2.05) is 28.8 Å². The number of carboxylic acids is 1. The summed E-state index contributed by atoms with van der Waals surface area (Å²) in [4.78, 5) is 15.4. The molecule has 0 saturated carbocycles. The van der Waals surface area contributed by atoms with Crippen molar-refractivity contribution in [3.05, 3.63) is 48.4 Å². The zero-order chi connectivity index (χ0) is 13.2. The Hall–Kier alpha value is -2.41. The van der Waals surface area contributed by atoms with Crippen LogP contribution in [0.3, 0.4) is 0 Å². The molecule has 3 aromatic rings. The summed E-state index contributed by atoms with van der Waals surface area (Å²) in [6.45, 7) is 0. The van der Waals surface area contributed by atoms with Gasteiger partial charge in [0, 0.05) is 17.3 Å². The van der Waals surface area contributed by atoms with Gasteiger partial charge in [-0.3, -0.25) is 4.40 Å².